The van der Waals surface area contributed by atoms with Crippen molar-refractivity contribution in [1.29, 1.82) is 0 Å². The summed E-state index contributed by atoms with van der Waals surface area (Å²) in [7, 11) is 6.92. The molecule has 0 N–H and O–H groups in total. The zero-order valence-corrected chi connectivity index (χ0v) is 26.4. The van der Waals surface area contributed by atoms with Crippen molar-refractivity contribution in [2.75, 3.05) is 27.7 Å². The molecule has 218 valence electrons. The second kappa shape index (κ2) is 29.5. The van der Waals surface area contributed by atoms with Crippen molar-refractivity contribution < 1.29 is 4.48 Å². The fraction of sp³-hybridized carbons (Fsp3) is 1.00. The van der Waals surface area contributed by atoms with Gasteiger partial charge in [0.15, 0.2) is 0 Å². The standard InChI is InChI=1S/C35H74N/c1-5-6-7-8-9-10-11-12-13-14-15-16-17-18-19-20-21-22-23-24-25-26-27-28-29-30-31-32-33-34-35-36(2,3)4/h5-35H2,1-4H3/q+1. The van der Waals surface area contributed by atoms with E-state index in [0.717, 1.165) is 4.48 Å². The number of rotatable bonds is 31. The quantitative estimate of drug-likeness (QED) is 0.0645. The molecule has 0 aromatic carbocycles. The van der Waals surface area contributed by atoms with Crippen LogP contribution in [0.4, 0.5) is 0 Å². The summed E-state index contributed by atoms with van der Waals surface area (Å²) in [6, 6.07) is 0. The van der Waals surface area contributed by atoms with E-state index in [1.54, 1.807) is 0 Å². The van der Waals surface area contributed by atoms with Crippen molar-refractivity contribution in [3.05, 3.63) is 0 Å². The molecule has 0 bridgehead atoms. The minimum atomic E-state index is 1.12. The smallest absolute Gasteiger partial charge is 0.0780 e. The van der Waals surface area contributed by atoms with Crippen LogP contribution in [-0.4, -0.2) is 32.2 Å². The lowest BCUT2D eigenvalue weighted by atomic mass is 10.0. The van der Waals surface area contributed by atoms with Crippen LogP contribution < -0.4 is 0 Å². The molecule has 0 unspecified atom stereocenters. The van der Waals surface area contributed by atoms with Crippen molar-refractivity contribution in [3.63, 3.8) is 0 Å². The molecule has 0 amide bonds. The molecule has 0 rings (SSSR count). The molecule has 0 spiro atoms. The van der Waals surface area contributed by atoms with Gasteiger partial charge in [-0.2, -0.15) is 0 Å². The van der Waals surface area contributed by atoms with Crippen LogP contribution in [0.2, 0.25) is 0 Å². The fourth-order valence-electron chi connectivity index (χ4n) is 5.61. The minimum Gasteiger partial charge on any atom is -0.331 e. The van der Waals surface area contributed by atoms with Crippen LogP contribution in [0.1, 0.15) is 200 Å². The van der Waals surface area contributed by atoms with Gasteiger partial charge in [0.25, 0.3) is 0 Å². The highest BCUT2D eigenvalue weighted by molar-refractivity contribution is 4.52. The normalized spacial score (nSPS) is 12.0. The average Bonchev–Trinajstić information content (AvgIpc) is 2.84. The van der Waals surface area contributed by atoms with Gasteiger partial charge in [0.2, 0.25) is 0 Å². The summed E-state index contributed by atoms with van der Waals surface area (Å²) >= 11 is 0. The van der Waals surface area contributed by atoms with E-state index in [1.807, 2.05) is 0 Å². The minimum absolute atomic E-state index is 1.12. The van der Waals surface area contributed by atoms with Gasteiger partial charge < -0.3 is 4.48 Å². The molecule has 36 heavy (non-hydrogen) atoms. The maximum atomic E-state index is 2.31. The van der Waals surface area contributed by atoms with Crippen molar-refractivity contribution in [1.82, 2.24) is 0 Å². The number of nitrogens with zero attached hydrogens (tertiary/aromatic N) is 1. The molecule has 0 saturated carbocycles. The SMILES string of the molecule is CCCCCCCCCCCCCCCCCCCCCCCCCCCCCCCC[N+](C)(C)C. The van der Waals surface area contributed by atoms with Crippen molar-refractivity contribution >= 4 is 0 Å². The van der Waals surface area contributed by atoms with E-state index < -0.39 is 0 Å². The summed E-state index contributed by atoms with van der Waals surface area (Å²) in [5.41, 5.74) is 0. The van der Waals surface area contributed by atoms with Crippen LogP contribution in [0.3, 0.4) is 0 Å². The lowest BCUT2D eigenvalue weighted by Crippen LogP contribution is -2.35. The molecule has 0 aromatic heterocycles. The predicted molar refractivity (Wildman–Crippen MR) is 167 cm³/mol. The Kier molecular flexibility index (Phi) is 29.5. The second-order valence-electron chi connectivity index (χ2n) is 13.3. The molecular weight excluding hydrogens is 434 g/mol. The Balaban J connectivity index is 3.03. The maximum absolute atomic E-state index is 2.31. The Morgan fingerprint density at radius 1 is 0.250 bits per heavy atom. The highest BCUT2D eigenvalue weighted by Gasteiger charge is 2.05. The lowest BCUT2D eigenvalue weighted by Gasteiger charge is -2.23. The van der Waals surface area contributed by atoms with Gasteiger partial charge in [0.05, 0.1) is 27.7 Å². The molecule has 0 aliphatic rings. The highest BCUT2D eigenvalue weighted by Crippen LogP contribution is 2.16. The Morgan fingerprint density at radius 2 is 0.417 bits per heavy atom. The molecule has 1 heteroatoms. The highest BCUT2D eigenvalue weighted by atomic mass is 15.3. The summed E-state index contributed by atoms with van der Waals surface area (Å²) < 4.78 is 1.12. The van der Waals surface area contributed by atoms with Crippen molar-refractivity contribution in [2.24, 2.45) is 0 Å². The molecule has 0 heterocycles. The van der Waals surface area contributed by atoms with E-state index in [0.29, 0.717) is 0 Å². The number of hydrogen-bond donors (Lipinski definition) is 0. The number of hydrogen-bond acceptors (Lipinski definition) is 0. The Bertz CT molecular complexity index is 383. The van der Waals surface area contributed by atoms with E-state index in [1.165, 1.54) is 199 Å². The molecule has 0 aliphatic carbocycles. The van der Waals surface area contributed by atoms with Gasteiger partial charge in [-0.15, -0.1) is 0 Å². The number of unbranched alkanes of at least 4 members (excludes halogenated alkanes) is 29. The molecule has 0 atom stereocenters. The molecule has 0 aromatic rings. The molecular formula is C35H74N+. The molecule has 1 nitrogen and oxygen atoms in total. The summed E-state index contributed by atoms with van der Waals surface area (Å²) in [5, 5.41) is 0. The third-order valence-corrected chi connectivity index (χ3v) is 8.18. The maximum Gasteiger partial charge on any atom is 0.0780 e. The van der Waals surface area contributed by atoms with Gasteiger partial charge in [-0.3, -0.25) is 0 Å². The van der Waals surface area contributed by atoms with Crippen LogP contribution in [0.5, 0.6) is 0 Å². The summed E-state index contributed by atoms with van der Waals surface area (Å²) in [6.07, 6.45) is 44.3. The first-order chi connectivity index (χ1) is 17.6. The van der Waals surface area contributed by atoms with Crippen molar-refractivity contribution in [2.45, 2.75) is 200 Å². The second-order valence-corrected chi connectivity index (χ2v) is 13.3. The van der Waals surface area contributed by atoms with Gasteiger partial charge in [0, 0.05) is 0 Å². The Hall–Kier alpha value is -0.0400. The van der Waals surface area contributed by atoms with Gasteiger partial charge in [-0.1, -0.05) is 187 Å². The summed E-state index contributed by atoms with van der Waals surface area (Å²) in [6.45, 7) is 3.64. The molecule has 0 fully saturated rings. The van der Waals surface area contributed by atoms with E-state index in [4.69, 9.17) is 0 Å². The first-order valence-corrected chi connectivity index (χ1v) is 17.4. The third kappa shape index (κ3) is 34.0. The molecule has 0 radical (unpaired) electrons. The van der Waals surface area contributed by atoms with Crippen molar-refractivity contribution in [3.8, 4) is 0 Å². The van der Waals surface area contributed by atoms with Crippen LogP contribution in [0.15, 0.2) is 0 Å². The lowest BCUT2D eigenvalue weighted by molar-refractivity contribution is -0.870. The van der Waals surface area contributed by atoms with Gasteiger partial charge in [-0.25, -0.2) is 0 Å². The van der Waals surface area contributed by atoms with Crippen LogP contribution >= 0.6 is 0 Å². The van der Waals surface area contributed by atoms with Gasteiger partial charge >= 0.3 is 0 Å². The first-order valence-electron chi connectivity index (χ1n) is 17.4. The largest absolute Gasteiger partial charge is 0.331 e. The summed E-state index contributed by atoms with van der Waals surface area (Å²) in [4.78, 5) is 0. The fourth-order valence-corrected chi connectivity index (χ4v) is 5.61. The van der Waals surface area contributed by atoms with Crippen LogP contribution in [-0.2, 0) is 0 Å². The molecule has 0 saturated heterocycles. The monoisotopic (exact) mass is 509 g/mol. The van der Waals surface area contributed by atoms with Gasteiger partial charge in [-0.05, 0) is 12.8 Å². The summed E-state index contributed by atoms with van der Waals surface area (Å²) in [5.74, 6) is 0. The average molecular weight is 509 g/mol. The zero-order valence-electron chi connectivity index (χ0n) is 26.4. The van der Waals surface area contributed by atoms with Gasteiger partial charge in [0.1, 0.15) is 0 Å². The van der Waals surface area contributed by atoms with E-state index >= 15 is 0 Å². The molecule has 0 aliphatic heterocycles. The Morgan fingerprint density at radius 3 is 0.583 bits per heavy atom. The van der Waals surface area contributed by atoms with Crippen LogP contribution in [0, 0.1) is 0 Å². The van der Waals surface area contributed by atoms with E-state index in [9.17, 15) is 0 Å². The zero-order chi connectivity index (χ0) is 26.4. The van der Waals surface area contributed by atoms with E-state index in [2.05, 4.69) is 28.1 Å². The Labute approximate surface area is 231 Å². The first kappa shape index (κ1) is 36.0. The van der Waals surface area contributed by atoms with E-state index in [-0.39, 0.29) is 0 Å². The number of quaternary nitrogens is 1. The van der Waals surface area contributed by atoms with Crippen LogP contribution in [0.25, 0.3) is 0 Å². The predicted octanol–water partition coefficient (Wildman–Crippen LogP) is 12.4. The topological polar surface area (TPSA) is 0 Å². The third-order valence-electron chi connectivity index (χ3n) is 8.18.